The molecule has 0 aliphatic carbocycles. The molecule has 78 valence electrons. The highest BCUT2D eigenvalue weighted by Gasteiger charge is 2.00. The zero-order valence-corrected chi connectivity index (χ0v) is 8.85. The molecule has 0 unspecified atom stereocenters. The zero-order chi connectivity index (χ0) is 10.7. The minimum Gasteiger partial charge on any atom is -0.399 e. The summed E-state index contributed by atoms with van der Waals surface area (Å²) in [6.07, 6.45) is 4.67. The van der Waals surface area contributed by atoms with E-state index in [-0.39, 0.29) is 0 Å². The molecule has 0 atom stereocenters. The number of para-hydroxylation sites is 1. The molecule has 0 bridgehead atoms. The monoisotopic (exact) mass is 201 g/mol. The molecule has 1 aromatic carbocycles. The van der Waals surface area contributed by atoms with Crippen LogP contribution in [0.25, 0.3) is 0 Å². The summed E-state index contributed by atoms with van der Waals surface area (Å²) in [4.78, 5) is 4.09. The van der Waals surface area contributed by atoms with E-state index in [2.05, 4.69) is 22.5 Å². The topological polar surface area (TPSA) is 43.8 Å². The first-order chi connectivity index (χ1) is 7.27. The lowest BCUT2D eigenvalue weighted by atomic mass is 10.1. The quantitative estimate of drug-likeness (QED) is 0.772. The van der Waals surface area contributed by atoms with Crippen molar-refractivity contribution in [2.24, 2.45) is 0 Å². The molecular weight excluding hydrogens is 186 g/mol. The van der Waals surface area contributed by atoms with Crippen molar-refractivity contribution < 1.29 is 0 Å². The first-order valence-electron chi connectivity index (χ1n) is 5.07. The van der Waals surface area contributed by atoms with Crippen LogP contribution in [-0.4, -0.2) is 9.55 Å². The van der Waals surface area contributed by atoms with Gasteiger partial charge in [-0.25, -0.2) is 4.98 Å². The summed E-state index contributed by atoms with van der Waals surface area (Å²) in [6.45, 7) is 2.99. The predicted octanol–water partition coefficient (Wildman–Crippen LogP) is 2.02. The lowest BCUT2D eigenvalue weighted by Crippen LogP contribution is -2.03. The van der Waals surface area contributed by atoms with Crippen LogP contribution in [0, 0.1) is 6.92 Å². The number of nitrogens with two attached hydrogens (primary N) is 1. The molecule has 2 aromatic rings. The van der Waals surface area contributed by atoms with Crippen molar-refractivity contribution in [3.05, 3.63) is 48.0 Å². The first kappa shape index (κ1) is 9.77. The van der Waals surface area contributed by atoms with Crippen LogP contribution in [-0.2, 0) is 13.0 Å². The number of imidazole rings is 1. The molecule has 0 aliphatic heterocycles. The van der Waals surface area contributed by atoms with Crippen molar-refractivity contribution in [3.8, 4) is 0 Å². The van der Waals surface area contributed by atoms with Crippen LogP contribution in [0.1, 0.15) is 11.3 Å². The van der Waals surface area contributed by atoms with Gasteiger partial charge in [0.05, 0.1) is 6.33 Å². The molecule has 0 saturated carbocycles. The van der Waals surface area contributed by atoms with Crippen molar-refractivity contribution in [2.75, 3.05) is 5.73 Å². The van der Waals surface area contributed by atoms with Crippen LogP contribution in [0.3, 0.4) is 0 Å². The SMILES string of the molecule is Cc1cncn1CCc1ccccc1N. The van der Waals surface area contributed by atoms with E-state index >= 15 is 0 Å². The van der Waals surface area contributed by atoms with E-state index in [0.29, 0.717) is 0 Å². The van der Waals surface area contributed by atoms with Gasteiger partial charge in [-0.05, 0) is 25.0 Å². The summed E-state index contributed by atoms with van der Waals surface area (Å²) in [5.74, 6) is 0. The van der Waals surface area contributed by atoms with E-state index in [1.807, 2.05) is 30.7 Å². The summed E-state index contributed by atoms with van der Waals surface area (Å²) in [6, 6.07) is 7.99. The Kier molecular flexibility index (Phi) is 2.72. The van der Waals surface area contributed by atoms with E-state index < -0.39 is 0 Å². The minimum atomic E-state index is 0.871. The smallest absolute Gasteiger partial charge is 0.0948 e. The molecule has 0 radical (unpaired) electrons. The number of rotatable bonds is 3. The summed E-state index contributed by atoms with van der Waals surface area (Å²) in [5, 5.41) is 0. The summed E-state index contributed by atoms with van der Waals surface area (Å²) < 4.78 is 2.13. The van der Waals surface area contributed by atoms with Gasteiger partial charge in [0.1, 0.15) is 0 Å². The third kappa shape index (κ3) is 2.18. The molecule has 0 aliphatic rings. The lowest BCUT2D eigenvalue weighted by molar-refractivity contribution is 0.678. The van der Waals surface area contributed by atoms with Crippen LogP contribution in [0.4, 0.5) is 5.69 Å². The molecular formula is C12H15N3. The molecule has 0 fully saturated rings. The van der Waals surface area contributed by atoms with E-state index in [1.165, 1.54) is 11.3 Å². The molecule has 3 heteroatoms. The fraction of sp³-hybridized carbons (Fsp3) is 0.250. The van der Waals surface area contributed by atoms with Crippen LogP contribution < -0.4 is 5.73 Å². The third-order valence-electron chi connectivity index (χ3n) is 2.60. The van der Waals surface area contributed by atoms with Crippen LogP contribution in [0.5, 0.6) is 0 Å². The van der Waals surface area contributed by atoms with Crippen LogP contribution >= 0.6 is 0 Å². The maximum absolute atomic E-state index is 5.87. The average Bonchev–Trinajstić information content (AvgIpc) is 2.63. The van der Waals surface area contributed by atoms with Gasteiger partial charge in [0.15, 0.2) is 0 Å². The number of nitrogen functional groups attached to an aromatic ring is 1. The second-order valence-electron chi connectivity index (χ2n) is 3.68. The van der Waals surface area contributed by atoms with Crippen LogP contribution in [0.15, 0.2) is 36.8 Å². The van der Waals surface area contributed by atoms with Crippen molar-refractivity contribution in [2.45, 2.75) is 19.9 Å². The Morgan fingerprint density at radius 1 is 1.33 bits per heavy atom. The summed E-state index contributed by atoms with van der Waals surface area (Å²) in [7, 11) is 0. The second-order valence-corrected chi connectivity index (χ2v) is 3.68. The predicted molar refractivity (Wildman–Crippen MR) is 61.5 cm³/mol. The molecule has 2 N–H and O–H groups in total. The molecule has 1 heterocycles. The largest absolute Gasteiger partial charge is 0.399 e. The summed E-state index contributed by atoms with van der Waals surface area (Å²) in [5.41, 5.74) is 9.13. The van der Waals surface area contributed by atoms with Crippen molar-refractivity contribution in [3.63, 3.8) is 0 Å². The minimum absolute atomic E-state index is 0.871. The van der Waals surface area contributed by atoms with Crippen molar-refractivity contribution >= 4 is 5.69 Å². The Morgan fingerprint density at radius 2 is 2.13 bits per heavy atom. The molecule has 2 rings (SSSR count). The fourth-order valence-electron chi connectivity index (χ4n) is 1.62. The molecule has 0 saturated heterocycles. The number of hydrogen-bond donors (Lipinski definition) is 1. The number of benzene rings is 1. The molecule has 15 heavy (non-hydrogen) atoms. The Labute approximate surface area is 89.6 Å². The molecule has 1 aromatic heterocycles. The van der Waals surface area contributed by atoms with Gasteiger partial charge in [0.25, 0.3) is 0 Å². The molecule has 3 nitrogen and oxygen atoms in total. The van der Waals surface area contributed by atoms with Gasteiger partial charge >= 0.3 is 0 Å². The maximum atomic E-state index is 5.87. The molecule has 0 amide bonds. The maximum Gasteiger partial charge on any atom is 0.0948 e. The van der Waals surface area contributed by atoms with Gasteiger partial charge < -0.3 is 10.3 Å². The van der Waals surface area contributed by atoms with E-state index in [0.717, 1.165) is 18.7 Å². The van der Waals surface area contributed by atoms with E-state index in [9.17, 15) is 0 Å². The Hall–Kier alpha value is -1.77. The van der Waals surface area contributed by atoms with Gasteiger partial charge in [0.2, 0.25) is 0 Å². The highest BCUT2D eigenvalue weighted by Crippen LogP contribution is 2.12. The third-order valence-corrected chi connectivity index (χ3v) is 2.60. The number of hydrogen-bond acceptors (Lipinski definition) is 2. The Morgan fingerprint density at radius 3 is 2.80 bits per heavy atom. The van der Waals surface area contributed by atoms with E-state index in [4.69, 9.17) is 5.73 Å². The highest BCUT2D eigenvalue weighted by molar-refractivity contribution is 5.46. The first-order valence-corrected chi connectivity index (χ1v) is 5.07. The van der Waals surface area contributed by atoms with Gasteiger partial charge in [-0.2, -0.15) is 0 Å². The zero-order valence-electron chi connectivity index (χ0n) is 8.85. The van der Waals surface area contributed by atoms with Crippen molar-refractivity contribution in [1.29, 1.82) is 0 Å². The normalized spacial score (nSPS) is 10.5. The van der Waals surface area contributed by atoms with E-state index in [1.54, 1.807) is 0 Å². The Balaban J connectivity index is 2.06. The van der Waals surface area contributed by atoms with Gasteiger partial charge in [-0.15, -0.1) is 0 Å². The highest BCUT2D eigenvalue weighted by atomic mass is 15.0. The fourth-order valence-corrected chi connectivity index (χ4v) is 1.62. The lowest BCUT2D eigenvalue weighted by Gasteiger charge is -2.07. The number of aromatic nitrogens is 2. The molecule has 0 spiro atoms. The summed E-state index contributed by atoms with van der Waals surface area (Å²) >= 11 is 0. The second kappa shape index (κ2) is 4.17. The average molecular weight is 201 g/mol. The Bertz CT molecular complexity index is 446. The van der Waals surface area contributed by atoms with Gasteiger partial charge in [0, 0.05) is 24.1 Å². The van der Waals surface area contributed by atoms with Gasteiger partial charge in [-0.1, -0.05) is 18.2 Å². The van der Waals surface area contributed by atoms with Gasteiger partial charge in [-0.3, -0.25) is 0 Å². The van der Waals surface area contributed by atoms with Crippen molar-refractivity contribution in [1.82, 2.24) is 9.55 Å². The number of nitrogens with zero attached hydrogens (tertiary/aromatic N) is 2. The number of anilines is 1. The standard InChI is InChI=1S/C12H15N3/c1-10-8-14-9-15(10)7-6-11-4-2-3-5-12(11)13/h2-5,8-9H,6-7,13H2,1H3. The number of aryl methyl sites for hydroxylation is 3. The van der Waals surface area contributed by atoms with Crippen LogP contribution in [0.2, 0.25) is 0 Å².